The summed E-state index contributed by atoms with van der Waals surface area (Å²) < 4.78 is 0. The molecule has 0 saturated carbocycles. The Bertz CT molecular complexity index is 889. The Morgan fingerprint density at radius 3 is 2.84 bits per heavy atom. The molecule has 3 aromatic heterocycles. The first kappa shape index (κ1) is 10.7. The third-order valence-corrected chi connectivity index (χ3v) is 4.20. The van der Waals surface area contributed by atoms with E-state index in [1.165, 1.54) is 4.88 Å². The van der Waals surface area contributed by atoms with Gasteiger partial charge in [0.15, 0.2) is 0 Å². The highest BCUT2D eigenvalue weighted by atomic mass is 32.1. The van der Waals surface area contributed by atoms with E-state index in [4.69, 9.17) is 4.98 Å². The number of nitrogens with zero attached hydrogens (tertiary/aromatic N) is 2. The molecule has 1 aromatic carbocycles. The van der Waals surface area contributed by atoms with Crippen LogP contribution in [0.5, 0.6) is 0 Å². The van der Waals surface area contributed by atoms with Crippen LogP contribution >= 0.6 is 11.3 Å². The summed E-state index contributed by atoms with van der Waals surface area (Å²) in [5.41, 5.74) is 2.96. The maximum absolute atomic E-state index is 4.74. The number of aromatic nitrogens is 3. The zero-order valence-electron chi connectivity index (χ0n) is 10.3. The van der Waals surface area contributed by atoms with E-state index in [2.05, 4.69) is 35.1 Å². The molecule has 0 saturated heterocycles. The Hall–Kier alpha value is -2.20. The highest BCUT2D eigenvalue weighted by molar-refractivity contribution is 7.15. The predicted molar refractivity (Wildman–Crippen MR) is 79.4 cm³/mol. The summed E-state index contributed by atoms with van der Waals surface area (Å²) in [6.07, 6.45) is 1.86. The lowest BCUT2D eigenvalue weighted by atomic mass is 10.2. The van der Waals surface area contributed by atoms with E-state index in [0.717, 1.165) is 32.6 Å². The van der Waals surface area contributed by atoms with Gasteiger partial charge in [-0.1, -0.05) is 18.2 Å². The molecule has 4 heteroatoms. The van der Waals surface area contributed by atoms with Crippen LogP contribution in [-0.2, 0) is 0 Å². The number of nitrogens with one attached hydrogen (secondary N) is 1. The molecule has 3 nitrogen and oxygen atoms in total. The van der Waals surface area contributed by atoms with Crippen LogP contribution in [0.3, 0.4) is 0 Å². The van der Waals surface area contributed by atoms with Crippen molar-refractivity contribution in [3.63, 3.8) is 0 Å². The predicted octanol–water partition coefficient (Wildman–Crippen LogP) is 4.15. The Kier molecular flexibility index (Phi) is 2.19. The van der Waals surface area contributed by atoms with Crippen LogP contribution in [0, 0.1) is 6.92 Å². The van der Waals surface area contributed by atoms with Crippen LogP contribution < -0.4 is 0 Å². The van der Waals surface area contributed by atoms with E-state index in [1.807, 2.05) is 24.4 Å². The molecule has 0 aliphatic heterocycles. The van der Waals surface area contributed by atoms with Crippen LogP contribution in [0.2, 0.25) is 0 Å². The third kappa shape index (κ3) is 1.64. The fourth-order valence-corrected chi connectivity index (χ4v) is 3.10. The SMILES string of the molecule is Cc1ccc(-c2nc3c(cnc4ccccc43)[nH]2)s1. The number of thiophene rings is 1. The van der Waals surface area contributed by atoms with E-state index in [-0.39, 0.29) is 0 Å². The first-order chi connectivity index (χ1) is 9.31. The van der Waals surface area contributed by atoms with Crippen molar-refractivity contribution < 1.29 is 0 Å². The van der Waals surface area contributed by atoms with Crippen molar-refractivity contribution in [3.05, 3.63) is 47.5 Å². The average molecular weight is 265 g/mol. The van der Waals surface area contributed by atoms with E-state index in [9.17, 15) is 0 Å². The molecule has 92 valence electrons. The van der Waals surface area contributed by atoms with Crippen LogP contribution in [0.15, 0.2) is 42.6 Å². The van der Waals surface area contributed by atoms with E-state index in [1.54, 1.807) is 11.3 Å². The van der Waals surface area contributed by atoms with Gasteiger partial charge in [-0.05, 0) is 25.1 Å². The first-order valence-corrected chi connectivity index (χ1v) is 6.93. The van der Waals surface area contributed by atoms with E-state index < -0.39 is 0 Å². The summed E-state index contributed by atoms with van der Waals surface area (Å²) >= 11 is 1.75. The minimum absolute atomic E-state index is 0.922. The minimum atomic E-state index is 0.922. The number of benzene rings is 1. The van der Waals surface area contributed by atoms with Crippen LogP contribution in [0.4, 0.5) is 0 Å². The smallest absolute Gasteiger partial charge is 0.148 e. The standard InChI is InChI=1S/C15H11N3S/c1-9-6-7-13(19-9)15-17-12-8-16-11-5-3-2-4-10(11)14(12)18-15/h2-8H,1H3,(H,17,18). The lowest BCUT2D eigenvalue weighted by Gasteiger charge is -1.95. The monoisotopic (exact) mass is 265 g/mol. The lowest BCUT2D eigenvalue weighted by Crippen LogP contribution is -1.79. The Morgan fingerprint density at radius 2 is 2.00 bits per heavy atom. The minimum Gasteiger partial charge on any atom is -0.336 e. The van der Waals surface area contributed by atoms with Gasteiger partial charge in [0.05, 0.1) is 27.6 Å². The normalized spacial score (nSPS) is 11.4. The van der Waals surface area contributed by atoms with E-state index >= 15 is 0 Å². The van der Waals surface area contributed by atoms with Gasteiger partial charge < -0.3 is 4.98 Å². The van der Waals surface area contributed by atoms with Gasteiger partial charge in [0.2, 0.25) is 0 Å². The molecular weight excluding hydrogens is 254 g/mol. The van der Waals surface area contributed by atoms with Gasteiger partial charge in [-0.15, -0.1) is 11.3 Å². The molecule has 0 spiro atoms. The summed E-state index contributed by atoms with van der Waals surface area (Å²) in [5, 5.41) is 1.09. The number of aromatic amines is 1. The summed E-state index contributed by atoms with van der Waals surface area (Å²) in [5.74, 6) is 0.922. The number of hydrogen-bond donors (Lipinski definition) is 1. The molecule has 0 bridgehead atoms. The van der Waals surface area contributed by atoms with Crippen molar-refractivity contribution in [2.75, 3.05) is 0 Å². The lowest BCUT2D eigenvalue weighted by molar-refractivity contribution is 1.35. The quantitative estimate of drug-likeness (QED) is 0.561. The van der Waals surface area contributed by atoms with Gasteiger partial charge in [0.25, 0.3) is 0 Å². The van der Waals surface area contributed by atoms with Crippen LogP contribution in [-0.4, -0.2) is 15.0 Å². The second-order valence-electron chi connectivity index (χ2n) is 4.53. The zero-order valence-corrected chi connectivity index (χ0v) is 11.2. The summed E-state index contributed by atoms with van der Waals surface area (Å²) in [4.78, 5) is 15.0. The van der Waals surface area contributed by atoms with Crippen molar-refractivity contribution >= 4 is 33.3 Å². The molecule has 0 fully saturated rings. The first-order valence-electron chi connectivity index (χ1n) is 6.11. The van der Waals surface area contributed by atoms with Gasteiger partial charge in [-0.2, -0.15) is 0 Å². The highest BCUT2D eigenvalue weighted by Gasteiger charge is 2.10. The van der Waals surface area contributed by atoms with Gasteiger partial charge in [0.1, 0.15) is 5.82 Å². The Morgan fingerprint density at radius 1 is 1.11 bits per heavy atom. The Labute approximate surface area is 114 Å². The fraction of sp³-hybridized carbons (Fsp3) is 0.0667. The summed E-state index contributed by atoms with van der Waals surface area (Å²) in [6, 6.07) is 12.3. The third-order valence-electron chi connectivity index (χ3n) is 3.20. The van der Waals surface area contributed by atoms with Crippen molar-refractivity contribution in [1.82, 2.24) is 15.0 Å². The number of imidazole rings is 1. The maximum Gasteiger partial charge on any atom is 0.148 e. The molecule has 0 unspecified atom stereocenters. The number of rotatable bonds is 1. The Balaban J connectivity index is 2.03. The van der Waals surface area contributed by atoms with Gasteiger partial charge in [-0.25, -0.2) is 4.98 Å². The molecule has 0 atom stereocenters. The second-order valence-corrected chi connectivity index (χ2v) is 5.82. The van der Waals surface area contributed by atoms with Crippen molar-refractivity contribution in [3.8, 4) is 10.7 Å². The number of pyridine rings is 1. The molecule has 0 aliphatic rings. The number of aryl methyl sites for hydroxylation is 1. The maximum atomic E-state index is 4.74. The molecule has 3 heterocycles. The molecular formula is C15H11N3S. The number of para-hydroxylation sites is 1. The molecule has 4 aromatic rings. The second kappa shape index (κ2) is 3.90. The number of H-pyrrole nitrogens is 1. The molecule has 0 amide bonds. The molecule has 1 N–H and O–H groups in total. The summed E-state index contributed by atoms with van der Waals surface area (Å²) in [7, 11) is 0. The molecule has 0 aliphatic carbocycles. The molecule has 19 heavy (non-hydrogen) atoms. The topological polar surface area (TPSA) is 41.6 Å². The van der Waals surface area contributed by atoms with Crippen molar-refractivity contribution in [1.29, 1.82) is 0 Å². The summed E-state index contributed by atoms with van der Waals surface area (Å²) in [6.45, 7) is 2.10. The molecule has 0 radical (unpaired) electrons. The number of hydrogen-bond acceptors (Lipinski definition) is 3. The largest absolute Gasteiger partial charge is 0.336 e. The highest BCUT2D eigenvalue weighted by Crippen LogP contribution is 2.29. The molecule has 4 rings (SSSR count). The fourth-order valence-electron chi connectivity index (χ4n) is 2.28. The van der Waals surface area contributed by atoms with Crippen LogP contribution in [0.25, 0.3) is 32.6 Å². The van der Waals surface area contributed by atoms with Crippen LogP contribution in [0.1, 0.15) is 4.88 Å². The number of fused-ring (bicyclic) bond motifs is 3. The van der Waals surface area contributed by atoms with Crippen molar-refractivity contribution in [2.24, 2.45) is 0 Å². The average Bonchev–Trinajstić information content (AvgIpc) is 3.04. The van der Waals surface area contributed by atoms with Gasteiger partial charge in [-0.3, -0.25) is 4.98 Å². The van der Waals surface area contributed by atoms with Gasteiger partial charge >= 0.3 is 0 Å². The van der Waals surface area contributed by atoms with E-state index in [0.29, 0.717) is 0 Å². The van der Waals surface area contributed by atoms with Gasteiger partial charge in [0, 0.05) is 10.3 Å². The zero-order chi connectivity index (χ0) is 12.8. The van der Waals surface area contributed by atoms with Crippen molar-refractivity contribution in [2.45, 2.75) is 6.92 Å².